The highest BCUT2D eigenvalue weighted by molar-refractivity contribution is 6.01. The predicted octanol–water partition coefficient (Wildman–Crippen LogP) is 0.642. The number of hydrogen-bond donors (Lipinski definition) is 2. The van der Waals surface area contributed by atoms with Crippen LogP contribution in [0.5, 0.6) is 0 Å². The molecule has 1 saturated heterocycles. The van der Waals surface area contributed by atoms with Crippen LogP contribution in [0.15, 0.2) is 29.4 Å². The van der Waals surface area contributed by atoms with Crippen molar-refractivity contribution in [2.45, 2.75) is 12.5 Å². The van der Waals surface area contributed by atoms with Gasteiger partial charge in [-0.05, 0) is 18.6 Å². The average Bonchev–Trinajstić information content (AvgIpc) is 2.94. The summed E-state index contributed by atoms with van der Waals surface area (Å²) in [4.78, 5) is 14.0. The molecule has 1 aliphatic rings. The number of carbonyl (C=O) groups is 1. The first kappa shape index (κ1) is 13.4. The topological polar surface area (TPSA) is 88.2 Å². The van der Waals surface area contributed by atoms with Crippen molar-refractivity contribution in [1.82, 2.24) is 4.90 Å². The second kappa shape index (κ2) is 5.71. The van der Waals surface area contributed by atoms with Crippen LogP contribution >= 0.6 is 0 Å². The molecule has 1 aromatic carbocycles. The Kier molecular flexibility index (Phi) is 4.01. The number of nitrogens with zero attached hydrogens (tertiary/aromatic N) is 2. The van der Waals surface area contributed by atoms with Gasteiger partial charge in [-0.25, -0.2) is 0 Å². The van der Waals surface area contributed by atoms with E-state index in [1.54, 1.807) is 36.3 Å². The Morgan fingerprint density at radius 2 is 2.26 bits per heavy atom. The summed E-state index contributed by atoms with van der Waals surface area (Å²) in [5.41, 5.74) is 6.57. The molecule has 1 aliphatic heterocycles. The van der Waals surface area contributed by atoms with Gasteiger partial charge < -0.3 is 20.6 Å². The van der Waals surface area contributed by atoms with Crippen LogP contribution in [0, 0.1) is 0 Å². The molecule has 1 heterocycles. The molecule has 102 valence electrons. The normalized spacial score (nSPS) is 19.7. The summed E-state index contributed by atoms with van der Waals surface area (Å²) in [5, 5.41) is 11.6. The van der Waals surface area contributed by atoms with Gasteiger partial charge in [-0.15, -0.1) is 0 Å². The fourth-order valence-corrected chi connectivity index (χ4v) is 2.16. The van der Waals surface area contributed by atoms with E-state index in [1.165, 1.54) is 0 Å². The number of likely N-dealkylation sites (tertiary alicyclic amines) is 1. The molecule has 0 aliphatic carbocycles. The van der Waals surface area contributed by atoms with Crippen molar-refractivity contribution >= 4 is 11.7 Å². The first-order valence-electron chi connectivity index (χ1n) is 6.05. The SMILES string of the molecule is COC1CCN(C(=O)c2cccc(/C(N)=N/O)c2)C1. The smallest absolute Gasteiger partial charge is 0.253 e. The van der Waals surface area contributed by atoms with E-state index in [4.69, 9.17) is 15.7 Å². The zero-order valence-electron chi connectivity index (χ0n) is 10.7. The molecule has 2 rings (SSSR count). The molecular formula is C13H17N3O3. The number of rotatable bonds is 3. The minimum Gasteiger partial charge on any atom is -0.409 e. The van der Waals surface area contributed by atoms with Crippen LogP contribution in [0.3, 0.4) is 0 Å². The number of oxime groups is 1. The number of methoxy groups -OCH3 is 1. The van der Waals surface area contributed by atoms with Crippen molar-refractivity contribution in [3.63, 3.8) is 0 Å². The lowest BCUT2D eigenvalue weighted by Crippen LogP contribution is -2.30. The third kappa shape index (κ3) is 2.85. The molecule has 0 bridgehead atoms. The summed E-state index contributed by atoms with van der Waals surface area (Å²) in [6.45, 7) is 1.29. The van der Waals surface area contributed by atoms with E-state index >= 15 is 0 Å². The van der Waals surface area contributed by atoms with Crippen LogP contribution in [0.25, 0.3) is 0 Å². The van der Waals surface area contributed by atoms with Gasteiger partial charge in [0.1, 0.15) is 0 Å². The maximum absolute atomic E-state index is 12.3. The fraction of sp³-hybridized carbons (Fsp3) is 0.385. The van der Waals surface area contributed by atoms with E-state index in [2.05, 4.69) is 5.16 Å². The largest absolute Gasteiger partial charge is 0.409 e. The van der Waals surface area contributed by atoms with Gasteiger partial charge in [0.15, 0.2) is 5.84 Å². The van der Waals surface area contributed by atoms with E-state index in [0.29, 0.717) is 24.2 Å². The lowest BCUT2D eigenvalue weighted by Gasteiger charge is -2.16. The average molecular weight is 263 g/mol. The van der Waals surface area contributed by atoms with E-state index in [9.17, 15) is 4.79 Å². The standard InChI is InChI=1S/C13H17N3O3/c1-19-11-5-6-16(8-11)13(17)10-4-2-3-9(7-10)12(14)15-18/h2-4,7,11,18H,5-6,8H2,1H3,(H2,14,15). The summed E-state index contributed by atoms with van der Waals surface area (Å²) >= 11 is 0. The van der Waals surface area contributed by atoms with Gasteiger partial charge in [0.2, 0.25) is 0 Å². The van der Waals surface area contributed by atoms with Crippen LogP contribution in [0.4, 0.5) is 0 Å². The third-order valence-electron chi connectivity index (χ3n) is 3.28. The zero-order valence-corrected chi connectivity index (χ0v) is 10.7. The van der Waals surface area contributed by atoms with Crippen molar-refractivity contribution in [1.29, 1.82) is 0 Å². The Morgan fingerprint density at radius 1 is 1.53 bits per heavy atom. The van der Waals surface area contributed by atoms with Gasteiger partial charge in [-0.1, -0.05) is 17.3 Å². The number of amides is 1. The van der Waals surface area contributed by atoms with Crippen LogP contribution in [-0.4, -0.2) is 48.2 Å². The molecule has 1 unspecified atom stereocenters. The van der Waals surface area contributed by atoms with Crippen molar-refractivity contribution in [3.8, 4) is 0 Å². The molecular weight excluding hydrogens is 246 g/mol. The Labute approximate surface area is 111 Å². The Morgan fingerprint density at radius 3 is 2.89 bits per heavy atom. The number of carbonyl (C=O) groups excluding carboxylic acids is 1. The van der Waals surface area contributed by atoms with Gasteiger partial charge >= 0.3 is 0 Å². The highest BCUT2D eigenvalue weighted by Crippen LogP contribution is 2.16. The van der Waals surface area contributed by atoms with Crippen molar-refractivity contribution in [2.24, 2.45) is 10.9 Å². The van der Waals surface area contributed by atoms with Gasteiger partial charge in [-0.3, -0.25) is 4.79 Å². The maximum Gasteiger partial charge on any atom is 0.253 e. The number of ether oxygens (including phenoxy) is 1. The van der Waals surface area contributed by atoms with Gasteiger partial charge in [-0.2, -0.15) is 0 Å². The van der Waals surface area contributed by atoms with Crippen LogP contribution in [0.2, 0.25) is 0 Å². The number of hydrogen-bond acceptors (Lipinski definition) is 4. The molecule has 1 amide bonds. The Balaban J connectivity index is 2.16. The molecule has 0 radical (unpaired) electrons. The van der Waals surface area contributed by atoms with Gasteiger partial charge in [0.25, 0.3) is 5.91 Å². The lowest BCUT2D eigenvalue weighted by atomic mass is 10.1. The number of amidine groups is 1. The summed E-state index contributed by atoms with van der Waals surface area (Å²) in [7, 11) is 1.65. The lowest BCUT2D eigenvalue weighted by molar-refractivity contribution is 0.0724. The van der Waals surface area contributed by atoms with Gasteiger partial charge in [0.05, 0.1) is 6.10 Å². The van der Waals surface area contributed by atoms with E-state index in [1.807, 2.05) is 0 Å². The van der Waals surface area contributed by atoms with Crippen LogP contribution in [-0.2, 0) is 4.74 Å². The summed E-state index contributed by atoms with van der Waals surface area (Å²) in [5.74, 6) is -0.0713. The first-order chi connectivity index (χ1) is 9.15. The van der Waals surface area contributed by atoms with E-state index in [-0.39, 0.29) is 17.8 Å². The molecule has 3 N–H and O–H groups in total. The molecule has 6 nitrogen and oxygen atoms in total. The molecule has 19 heavy (non-hydrogen) atoms. The van der Waals surface area contributed by atoms with Gasteiger partial charge in [0, 0.05) is 31.3 Å². The zero-order chi connectivity index (χ0) is 13.8. The summed E-state index contributed by atoms with van der Waals surface area (Å²) in [6, 6.07) is 6.74. The van der Waals surface area contributed by atoms with Crippen molar-refractivity contribution in [3.05, 3.63) is 35.4 Å². The molecule has 1 fully saturated rings. The van der Waals surface area contributed by atoms with Crippen molar-refractivity contribution in [2.75, 3.05) is 20.2 Å². The Hall–Kier alpha value is -2.08. The molecule has 1 atom stereocenters. The molecule has 1 aromatic rings. The fourth-order valence-electron chi connectivity index (χ4n) is 2.16. The second-order valence-electron chi connectivity index (χ2n) is 4.46. The summed E-state index contributed by atoms with van der Waals surface area (Å²) in [6.07, 6.45) is 0.957. The van der Waals surface area contributed by atoms with E-state index in [0.717, 1.165) is 6.42 Å². The third-order valence-corrected chi connectivity index (χ3v) is 3.28. The molecule has 6 heteroatoms. The maximum atomic E-state index is 12.3. The number of benzene rings is 1. The number of nitrogens with two attached hydrogens (primary N) is 1. The summed E-state index contributed by atoms with van der Waals surface area (Å²) < 4.78 is 5.24. The Bertz CT molecular complexity index is 502. The minimum absolute atomic E-state index is 0.00848. The quantitative estimate of drug-likeness (QED) is 0.362. The predicted molar refractivity (Wildman–Crippen MR) is 70.3 cm³/mol. The van der Waals surface area contributed by atoms with Crippen molar-refractivity contribution < 1.29 is 14.7 Å². The second-order valence-corrected chi connectivity index (χ2v) is 4.46. The van der Waals surface area contributed by atoms with Crippen LogP contribution in [0.1, 0.15) is 22.3 Å². The highest BCUT2D eigenvalue weighted by Gasteiger charge is 2.26. The monoisotopic (exact) mass is 263 g/mol. The van der Waals surface area contributed by atoms with Crippen LogP contribution < -0.4 is 5.73 Å². The molecule has 0 spiro atoms. The van der Waals surface area contributed by atoms with E-state index < -0.39 is 0 Å². The molecule has 0 aromatic heterocycles. The minimum atomic E-state index is -0.0628. The first-order valence-corrected chi connectivity index (χ1v) is 6.05. The molecule has 0 saturated carbocycles. The highest BCUT2D eigenvalue weighted by atomic mass is 16.5.